The van der Waals surface area contributed by atoms with E-state index in [1.165, 1.54) is 62.5 Å². The van der Waals surface area contributed by atoms with Gasteiger partial charge in [0.25, 0.3) is 0 Å². The number of benzene rings is 1. The molecule has 0 saturated heterocycles. The molecule has 0 amide bonds. The maximum atomic E-state index is 12.6. The summed E-state index contributed by atoms with van der Waals surface area (Å²) >= 11 is 0. The molecule has 0 aliphatic heterocycles. The first-order valence-electron chi connectivity index (χ1n) is 12.1. The van der Waals surface area contributed by atoms with Gasteiger partial charge in [0.05, 0.1) is 6.61 Å². The summed E-state index contributed by atoms with van der Waals surface area (Å²) in [5.74, 6) is 2.08. The second-order valence-electron chi connectivity index (χ2n) is 8.92. The molecule has 162 valence electrons. The molecule has 0 aromatic heterocycles. The Labute approximate surface area is 179 Å². The van der Waals surface area contributed by atoms with E-state index in [1.807, 2.05) is 18.2 Å². The number of ketones is 1. The van der Waals surface area contributed by atoms with Crippen molar-refractivity contribution in [3.63, 3.8) is 0 Å². The van der Waals surface area contributed by atoms with Gasteiger partial charge in [-0.05, 0) is 54.5 Å². The molecule has 0 heterocycles. The molecule has 0 fully saturated rings. The SMILES string of the molecule is CCCCCCCCCCC1CCC(c2ccc(OCC(C)CC)cc2)=CC1=O. The number of hydrogen-bond donors (Lipinski definition) is 0. The highest BCUT2D eigenvalue weighted by atomic mass is 16.5. The Morgan fingerprint density at radius 2 is 1.62 bits per heavy atom. The van der Waals surface area contributed by atoms with E-state index in [0.717, 1.165) is 38.0 Å². The van der Waals surface area contributed by atoms with Gasteiger partial charge in [-0.15, -0.1) is 0 Å². The fraction of sp³-hybridized carbons (Fsp3) is 0.667. The predicted molar refractivity (Wildman–Crippen MR) is 124 cm³/mol. The lowest BCUT2D eigenvalue weighted by Gasteiger charge is -2.21. The fourth-order valence-corrected chi connectivity index (χ4v) is 3.99. The Balaban J connectivity index is 1.72. The van der Waals surface area contributed by atoms with Crippen molar-refractivity contribution in [2.24, 2.45) is 11.8 Å². The van der Waals surface area contributed by atoms with Gasteiger partial charge in [-0.1, -0.05) is 90.7 Å². The van der Waals surface area contributed by atoms with Gasteiger partial charge in [0.2, 0.25) is 0 Å². The standard InChI is InChI=1S/C27H42O2/c1-4-6-7-8-9-10-11-12-13-24-14-15-25(20-27(24)28)23-16-18-26(19-17-23)29-21-22(3)5-2/h16-20,22,24H,4-15,21H2,1-3H3. The van der Waals surface area contributed by atoms with Crippen LogP contribution in [0.1, 0.15) is 103 Å². The van der Waals surface area contributed by atoms with E-state index in [0.29, 0.717) is 11.7 Å². The Hall–Kier alpha value is -1.57. The van der Waals surface area contributed by atoms with Crippen LogP contribution in [0.25, 0.3) is 5.57 Å². The maximum absolute atomic E-state index is 12.6. The minimum atomic E-state index is 0.247. The van der Waals surface area contributed by atoms with Crippen LogP contribution in [0.5, 0.6) is 5.75 Å². The van der Waals surface area contributed by atoms with Gasteiger partial charge in [-0.2, -0.15) is 0 Å². The molecule has 0 spiro atoms. The van der Waals surface area contributed by atoms with Gasteiger partial charge in [0, 0.05) is 5.92 Å². The zero-order chi connectivity index (χ0) is 20.9. The molecule has 1 aromatic rings. The Morgan fingerprint density at radius 1 is 0.966 bits per heavy atom. The average Bonchev–Trinajstić information content (AvgIpc) is 2.75. The van der Waals surface area contributed by atoms with E-state index in [9.17, 15) is 4.79 Å². The summed E-state index contributed by atoms with van der Waals surface area (Å²) in [5, 5.41) is 0. The van der Waals surface area contributed by atoms with Gasteiger partial charge >= 0.3 is 0 Å². The quantitative estimate of drug-likeness (QED) is 0.297. The first kappa shape index (κ1) is 23.7. The molecule has 2 unspecified atom stereocenters. The van der Waals surface area contributed by atoms with Crippen molar-refractivity contribution in [2.75, 3.05) is 6.61 Å². The van der Waals surface area contributed by atoms with Gasteiger partial charge in [0.1, 0.15) is 5.75 Å². The zero-order valence-corrected chi connectivity index (χ0v) is 19.1. The van der Waals surface area contributed by atoms with Crippen molar-refractivity contribution in [1.29, 1.82) is 0 Å². The molecule has 1 aliphatic carbocycles. The molecule has 29 heavy (non-hydrogen) atoms. The van der Waals surface area contributed by atoms with Crippen molar-refractivity contribution in [1.82, 2.24) is 0 Å². The van der Waals surface area contributed by atoms with Crippen LogP contribution >= 0.6 is 0 Å². The molecule has 2 heteroatoms. The van der Waals surface area contributed by atoms with Gasteiger partial charge in [-0.25, -0.2) is 0 Å². The third kappa shape index (κ3) is 8.76. The Kier molecular flexibility index (Phi) is 11.1. The van der Waals surface area contributed by atoms with Crippen LogP contribution < -0.4 is 4.74 Å². The van der Waals surface area contributed by atoms with E-state index < -0.39 is 0 Å². The largest absolute Gasteiger partial charge is 0.493 e. The molecular formula is C27H42O2. The topological polar surface area (TPSA) is 26.3 Å². The minimum Gasteiger partial charge on any atom is -0.493 e. The van der Waals surface area contributed by atoms with Crippen LogP contribution in [0, 0.1) is 11.8 Å². The van der Waals surface area contributed by atoms with Crippen molar-refractivity contribution in [2.45, 2.75) is 97.8 Å². The number of carbonyl (C=O) groups excluding carboxylic acids is 1. The second kappa shape index (κ2) is 13.6. The van der Waals surface area contributed by atoms with Crippen LogP contribution in [-0.2, 0) is 4.79 Å². The molecule has 2 atom stereocenters. The number of hydrogen-bond acceptors (Lipinski definition) is 2. The minimum absolute atomic E-state index is 0.247. The van der Waals surface area contributed by atoms with E-state index in [2.05, 4.69) is 32.9 Å². The predicted octanol–water partition coefficient (Wildman–Crippen LogP) is 8.00. The first-order chi connectivity index (χ1) is 14.1. The van der Waals surface area contributed by atoms with Crippen molar-refractivity contribution in [3.05, 3.63) is 35.9 Å². The summed E-state index contributed by atoms with van der Waals surface area (Å²) in [7, 11) is 0. The average molecular weight is 399 g/mol. The molecule has 1 aliphatic rings. The number of allylic oxidation sites excluding steroid dienone is 2. The van der Waals surface area contributed by atoms with Gasteiger partial charge in [0.15, 0.2) is 5.78 Å². The van der Waals surface area contributed by atoms with Crippen LogP contribution in [0.15, 0.2) is 30.3 Å². The fourth-order valence-electron chi connectivity index (χ4n) is 3.99. The third-order valence-corrected chi connectivity index (χ3v) is 6.34. The zero-order valence-electron chi connectivity index (χ0n) is 19.1. The third-order valence-electron chi connectivity index (χ3n) is 6.34. The Morgan fingerprint density at radius 3 is 2.24 bits per heavy atom. The normalized spacial score (nSPS) is 17.8. The smallest absolute Gasteiger partial charge is 0.159 e. The van der Waals surface area contributed by atoms with Gasteiger partial charge in [-0.3, -0.25) is 4.79 Å². The molecule has 0 N–H and O–H groups in total. The summed E-state index contributed by atoms with van der Waals surface area (Å²) in [5.41, 5.74) is 2.36. The number of rotatable bonds is 14. The van der Waals surface area contributed by atoms with E-state index in [1.54, 1.807) is 0 Å². The van der Waals surface area contributed by atoms with Crippen molar-refractivity contribution < 1.29 is 9.53 Å². The summed E-state index contributed by atoms with van der Waals surface area (Å²) < 4.78 is 5.84. The molecule has 0 saturated carbocycles. The lowest BCUT2D eigenvalue weighted by Crippen LogP contribution is -2.17. The van der Waals surface area contributed by atoms with Crippen LogP contribution in [-0.4, -0.2) is 12.4 Å². The first-order valence-corrected chi connectivity index (χ1v) is 12.1. The highest BCUT2D eigenvalue weighted by molar-refractivity contribution is 5.99. The Bertz CT molecular complexity index is 614. The molecule has 2 nitrogen and oxygen atoms in total. The summed E-state index contributed by atoms with van der Waals surface area (Å²) in [4.78, 5) is 12.6. The van der Waals surface area contributed by atoms with Crippen LogP contribution in [0.3, 0.4) is 0 Å². The number of carbonyl (C=O) groups is 1. The number of unbranched alkanes of at least 4 members (excludes halogenated alkanes) is 7. The van der Waals surface area contributed by atoms with Crippen LogP contribution in [0.4, 0.5) is 0 Å². The summed E-state index contributed by atoms with van der Waals surface area (Å²) in [6.07, 6.45) is 16.8. The van der Waals surface area contributed by atoms with E-state index in [4.69, 9.17) is 4.74 Å². The van der Waals surface area contributed by atoms with Crippen molar-refractivity contribution >= 4 is 11.4 Å². The molecular weight excluding hydrogens is 356 g/mol. The van der Waals surface area contributed by atoms with E-state index >= 15 is 0 Å². The lowest BCUT2D eigenvalue weighted by atomic mass is 9.83. The van der Waals surface area contributed by atoms with Crippen molar-refractivity contribution in [3.8, 4) is 5.75 Å². The highest BCUT2D eigenvalue weighted by Gasteiger charge is 2.22. The highest BCUT2D eigenvalue weighted by Crippen LogP contribution is 2.31. The number of ether oxygens (including phenoxy) is 1. The lowest BCUT2D eigenvalue weighted by molar-refractivity contribution is -0.118. The summed E-state index contributed by atoms with van der Waals surface area (Å²) in [6.45, 7) is 7.42. The van der Waals surface area contributed by atoms with Gasteiger partial charge < -0.3 is 4.74 Å². The molecule has 0 bridgehead atoms. The molecule has 1 aromatic carbocycles. The monoisotopic (exact) mass is 398 g/mol. The molecule has 0 radical (unpaired) electrons. The second-order valence-corrected chi connectivity index (χ2v) is 8.92. The van der Waals surface area contributed by atoms with Crippen LogP contribution in [0.2, 0.25) is 0 Å². The maximum Gasteiger partial charge on any atom is 0.159 e. The summed E-state index contributed by atoms with van der Waals surface area (Å²) in [6, 6.07) is 8.28. The van der Waals surface area contributed by atoms with E-state index in [-0.39, 0.29) is 5.92 Å². The molecule has 2 rings (SSSR count).